The Morgan fingerprint density at radius 3 is 1.90 bits per heavy atom. The molecule has 0 fully saturated rings. The Hall–Kier alpha value is -5.12. The molecule has 16 heteroatoms. The Balaban J connectivity index is 0.000000337. The normalized spacial score (nSPS) is 13.9. The van der Waals surface area contributed by atoms with Crippen molar-refractivity contribution in [2.45, 2.75) is 38.0 Å². The van der Waals surface area contributed by atoms with Crippen LogP contribution in [0.15, 0.2) is 78.1 Å². The van der Waals surface area contributed by atoms with Gasteiger partial charge in [-0.1, -0.05) is 23.4 Å². The van der Waals surface area contributed by atoms with Crippen molar-refractivity contribution in [3.63, 3.8) is 0 Å². The number of nitrogens with zero attached hydrogens (tertiary/aromatic N) is 2. The van der Waals surface area contributed by atoms with Gasteiger partial charge in [0.05, 0.1) is 35.1 Å². The lowest BCUT2D eigenvalue weighted by molar-refractivity contribution is -0.143. The van der Waals surface area contributed by atoms with Crippen molar-refractivity contribution in [3.8, 4) is 28.1 Å². The summed E-state index contributed by atoms with van der Waals surface area (Å²) >= 11 is 0. The molecule has 1 aromatic heterocycles. The van der Waals surface area contributed by atoms with Gasteiger partial charge in [-0.25, -0.2) is 9.78 Å². The summed E-state index contributed by atoms with van der Waals surface area (Å²) in [5.41, 5.74) is 0.373. The molecule has 4 aromatic rings. The van der Waals surface area contributed by atoms with Crippen LogP contribution >= 0.6 is 0 Å². The molecule has 0 radical (unpaired) electrons. The Morgan fingerprint density at radius 2 is 1.40 bits per heavy atom. The van der Waals surface area contributed by atoms with Crippen LogP contribution < -0.4 is 4.74 Å². The van der Waals surface area contributed by atoms with Gasteiger partial charge in [0.2, 0.25) is 5.88 Å². The standard InChI is InChI=1S/C26H23F3N2O5.C8H4F6/c1-14-10-15(25(32)33)4-6-18(14)16-11-21(24(35-3)30-13-16)19-7-5-17(26(27,28)29)12-20(19)23(34-2)22-8-9-36-31-22;9-7(10,11)5-2-1-3-6(4-5)8(12,13)14/h4-7,10-13,23H,8-9H2,1-3H3,(H,32,33);1-4H/t23-;/m1./s1. The molecule has 7 nitrogen and oxygen atoms in total. The number of benzene rings is 3. The summed E-state index contributed by atoms with van der Waals surface area (Å²) in [6.07, 6.45) is -13.0. The summed E-state index contributed by atoms with van der Waals surface area (Å²) in [6, 6.07) is 11.9. The summed E-state index contributed by atoms with van der Waals surface area (Å²) in [5, 5.41) is 13.2. The van der Waals surface area contributed by atoms with Crippen LogP contribution in [0, 0.1) is 6.92 Å². The van der Waals surface area contributed by atoms with E-state index in [0.717, 1.165) is 23.8 Å². The SMILES string of the molecule is COc1ncc(-c2ccc(C(=O)O)cc2C)cc1-c1ccc(C(F)(F)F)cc1[C@@H](OC)C1=NOCC1.FC(F)(F)c1cccc(C(F)(F)F)c1. The predicted molar refractivity (Wildman–Crippen MR) is 163 cm³/mol. The minimum absolute atomic E-state index is 0.0833. The number of hydrogen-bond donors (Lipinski definition) is 1. The summed E-state index contributed by atoms with van der Waals surface area (Å²) in [4.78, 5) is 20.8. The monoisotopic (exact) mass is 714 g/mol. The Bertz CT molecular complexity index is 1860. The lowest BCUT2D eigenvalue weighted by atomic mass is 9.90. The Kier molecular flexibility index (Phi) is 11.1. The molecule has 1 atom stereocenters. The quantitative estimate of drug-likeness (QED) is 0.192. The molecular formula is C34H27F9N2O5. The van der Waals surface area contributed by atoms with Crippen molar-refractivity contribution < 1.29 is 63.7 Å². The summed E-state index contributed by atoms with van der Waals surface area (Å²) in [6.45, 7) is 2.09. The number of alkyl halides is 9. The van der Waals surface area contributed by atoms with Crippen LogP contribution in [0.1, 0.15) is 50.7 Å². The number of rotatable bonds is 7. The number of aromatic nitrogens is 1. The van der Waals surface area contributed by atoms with E-state index >= 15 is 0 Å². The average molecular weight is 715 g/mol. The van der Waals surface area contributed by atoms with Crippen molar-refractivity contribution in [2.24, 2.45) is 5.16 Å². The maximum Gasteiger partial charge on any atom is 0.416 e. The van der Waals surface area contributed by atoms with Crippen molar-refractivity contribution in [3.05, 3.63) is 106 Å². The van der Waals surface area contributed by atoms with Gasteiger partial charge >= 0.3 is 24.5 Å². The number of ether oxygens (including phenoxy) is 2. The topological polar surface area (TPSA) is 90.2 Å². The number of carbonyl (C=O) groups is 1. The second-order valence-electron chi connectivity index (χ2n) is 10.8. The minimum Gasteiger partial charge on any atom is -0.481 e. The van der Waals surface area contributed by atoms with Crippen LogP contribution in [0.5, 0.6) is 5.88 Å². The highest BCUT2D eigenvalue weighted by molar-refractivity contribution is 5.93. The fourth-order valence-corrected chi connectivity index (χ4v) is 5.09. The van der Waals surface area contributed by atoms with Gasteiger partial charge in [0.1, 0.15) is 12.7 Å². The number of aryl methyl sites for hydroxylation is 1. The summed E-state index contributed by atoms with van der Waals surface area (Å²) in [7, 11) is 2.82. The predicted octanol–water partition coefficient (Wildman–Crippen LogP) is 9.64. The van der Waals surface area contributed by atoms with E-state index in [-0.39, 0.29) is 23.1 Å². The smallest absolute Gasteiger partial charge is 0.416 e. The number of hydrogen-bond acceptors (Lipinski definition) is 6. The van der Waals surface area contributed by atoms with Crippen molar-refractivity contribution >= 4 is 11.7 Å². The molecule has 1 aliphatic heterocycles. The Morgan fingerprint density at radius 1 is 0.800 bits per heavy atom. The van der Waals surface area contributed by atoms with Gasteiger partial charge in [0.25, 0.3) is 0 Å². The zero-order valence-electron chi connectivity index (χ0n) is 26.3. The average Bonchev–Trinajstić information content (AvgIpc) is 3.59. The second-order valence-corrected chi connectivity index (χ2v) is 10.8. The first-order chi connectivity index (χ1) is 23.3. The molecule has 1 N–H and O–H groups in total. The third-order valence-electron chi connectivity index (χ3n) is 7.47. The molecule has 1 aliphatic rings. The van der Waals surface area contributed by atoms with Crippen LogP contribution in [0.2, 0.25) is 0 Å². The third kappa shape index (κ3) is 8.72. The fourth-order valence-electron chi connectivity index (χ4n) is 5.09. The molecule has 0 amide bonds. The van der Waals surface area contributed by atoms with E-state index in [9.17, 15) is 49.4 Å². The maximum absolute atomic E-state index is 13.6. The van der Waals surface area contributed by atoms with Crippen LogP contribution in [0.3, 0.4) is 0 Å². The number of pyridine rings is 1. The van der Waals surface area contributed by atoms with Crippen LogP contribution in [0.4, 0.5) is 39.5 Å². The number of halogens is 9. The molecule has 50 heavy (non-hydrogen) atoms. The van der Waals surface area contributed by atoms with Gasteiger partial charge in [-0.15, -0.1) is 0 Å². The number of carboxylic acid groups (broad SMARTS) is 1. The van der Waals surface area contributed by atoms with Gasteiger partial charge in [0, 0.05) is 30.9 Å². The first kappa shape index (κ1) is 37.7. The molecule has 5 rings (SSSR count). The summed E-state index contributed by atoms with van der Waals surface area (Å²) in [5.74, 6) is -0.837. The molecule has 0 saturated carbocycles. The lowest BCUT2D eigenvalue weighted by Gasteiger charge is -2.22. The van der Waals surface area contributed by atoms with Crippen molar-refractivity contribution in [1.29, 1.82) is 0 Å². The molecule has 0 spiro atoms. The van der Waals surface area contributed by atoms with E-state index < -0.39 is 47.3 Å². The van der Waals surface area contributed by atoms with Crippen molar-refractivity contribution in [2.75, 3.05) is 20.8 Å². The molecule has 0 unspecified atom stereocenters. The lowest BCUT2D eigenvalue weighted by Crippen LogP contribution is -2.16. The highest BCUT2D eigenvalue weighted by Crippen LogP contribution is 2.42. The zero-order valence-corrected chi connectivity index (χ0v) is 26.3. The van der Waals surface area contributed by atoms with Gasteiger partial charge in [-0.05, 0) is 77.7 Å². The maximum atomic E-state index is 13.6. The highest BCUT2D eigenvalue weighted by atomic mass is 19.4. The molecular weight excluding hydrogens is 687 g/mol. The van der Waals surface area contributed by atoms with E-state index in [1.165, 1.54) is 26.4 Å². The third-order valence-corrected chi connectivity index (χ3v) is 7.47. The van der Waals surface area contributed by atoms with E-state index in [1.54, 1.807) is 31.3 Å². The van der Waals surface area contributed by atoms with Gasteiger partial charge in [-0.3, -0.25) is 0 Å². The van der Waals surface area contributed by atoms with Crippen LogP contribution in [-0.4, -0.2) is 42.6 Å². The number of methoxy groups -OCH3 is 2. The van der Waals surface area contributed by atoms with E-state index in [4.69, 9.17) is 14.3 Å². The first-order valence-corrected chi connectivity index (χ1v) is 14.4. The highest BCUT2D eigenvalue weighted by Gasteiger charge is 2.36. The number of oxime groups is 1. The number of carboxylic acids is 1. The Labute approximate surface area is 278 Å². The second kappa shape index (κ2) is 14.8. The largest absolute Gasteiger partial charge is 0.481 e. The number of aromatic carboxylic acids is 1. The molecule has 0 saturated heterocycles. The van der Waals surface area contributed by atoms with E-state index in [1.807, 2.05) is 0 Å². The van der Waals surface area contributed by atoms with E-state index in [2.05, 4.69) is 10.1 Å². The van der Waals surface area contributed by atoms with Gasteiger partial charge in [-0.2, -0.15) is 39.5 Å². The van der Waals surface area contributed by atoms with Crippen LogP contribution in [0.25, 0.3) is 22.3 Å². The van der Waals surface area contributed by atoms with Gasteiger partial charge < -0.3 is 19.4 Å². The fraction of sp³-hybridized carbons (Fsp3) is 0.265. The molecule has 266 valence electrons. The van der Waals surface area contributed by atoms with Crippen molar-refractivity contribution in [1.82, 2.24) is 4.98 Å². The van der Waals surface area contributed by atoms with Gasteiger partial charge in [0.15, 0.2) is 0 Å². The summed E-state index contributed by atoms with van der Waals surface area (Å²) < 4.78 is 124. The van der Waals surface area contributed by atoms with Crippen LogP contribution in [-0.2, 0) is 28.1 Å². The molecule has 3 aromatic carbocycles. The molecule has 0 aliphatic carbocycles. The zero-order chi connectivity index (χ0) is 37.0. The molecule has 0 bridgehead atoms. The molecule has 2 heterocycles. The van der Waals surface area contributed by atoms with E-state index in [0.29, 0.717) is 53.1 Å². The minimum atomic E-state index is -4.75. The first-order valence-electron chi connectivity index (χ1n) is 14.4.